The molecule has 1 aromatic rings. The first-order valence-corrected chi connectivity index (χ1v) is 5.12. The number of rotatable bonds is 4. The number of nitrogens with zero attached hydrogens (tertiary/aromatic N) is 2. The first kappa shape index (κ1) is 11.2. The second-order valence-corrected chi connectivity index (χ2v) is 3.71. The molecule has 1 heterocycles. The molecule has 78 valence electrons. The van der Waals surface area contributed by atoms with E-state index >= 15 is 0 Å². The summed E-state index contributed by atoms with van der Waals surface area (Å²) < 4.78 is 0.735. The third kappa shape index (κ3) is 2.81. The van der Waals surface area contributed by atoms with Gasteiger partial charge in [0.1, 0.15) is 5.82 Å². The molecule has 0 spiro atoms. The van der Waals surface area contributed by atoms with Crippen molar-refractivity contribution in [2.45, 2.75) is 19.4 Å². The van der Waals surface area contributed by atoms with Gasteiger partial charge >= 0.3 is 0 Å². The van der Waals surface area contributed by atoms with Crippen molar-refractivity contribution in [3.8, 4) is 0 Å². The lowest BCUT2D eigenvalue weighted by Crippen LogP contribution is -2.23. The van der Waals surface area contributed by atoms with Crippen molar-refractivity contribution >= 4 is 27.7 Å². The number of aromatic nitrogens is 2. The van der Waals surface area contributed by atoms with Gasteiger partial charge in [0.15, 0.2) is 0 Å². The van der Waals surface area contributed by atoms with Crippen molar-refractivity contribution < 1.29 is 5.11 Å². The molecule has 14 heavy (non-hydrogen) atoms. The van der Waals surface area contributed by atoms with Crippen LogP contribution in [0.5, 0.6) is 0 Å². The molecule has 6 heteroatoms. The zero-order valence-corrected chi connectivity index (χ0v) is 9.45. The van der Waals surface area contributed by atoms with Crippen LogP contribution < -0.4 is 11.1 Å². The predicted molar refractivity (Wildman–Crippen MR) is 58.9 cm³/mol. The minimum Gasteiger partial charge on any atom is -0.394 e. The van der Waals surface area contributed by atoms with E-state index in [9.17, 15) is 0 Å². The summed E-state index contributed by atoms with van der Waals surface area (Å²) in [6.45, 7) is 2.04. The third-order valence-corrected chi connectivity index (χ3v) is 2.40. The summed E-state index contributed by atoms with van der Waals surface area (Å²) in [7, 11) is 0. The number of halogens is 1. The van der Waals surface area contributed by atoms with Crippen LogP contribution in [0.1, 0.15) is 13.3 Å². The first-order chi connectivity index (χ1) is 6.67. The molecule has 1 aromatic heterocycles. The zero-order valence-electron chi connectivity index (χ0n) is 7.87. The minimum absolute atomic E-state index is 0.0133. The second-order valence-electron chi connectivity index (χ2n) is 2.86. The summed E-state index contributed by atoms with van der Waals surface area (Å²) in [5.74, 6) is 0.821. The highest BCUT2D eigenvalue weighted by molar-refractivity contribution is 9.10. The number of hydrogen-bond donors (Lipinski definition) is 3. The van der Waals surface area contributed by atoms with Crippen LogP contribution in [0.25, 0.3) is 0 Å². The van der Waals surface area contributed by atoms with E-state index in [4.69, 9.17) is 10.8 Å². The fraction of sp³-hybridized carbons (Fsp3) is 0.500. The van der Waals surface area contributed by atoms with Crippen LogP contribution in [0.15, 0.2) is 10.7 Å². The lowest BCUT2D eigenvalue weighted by atomic mass is 10.2. The molecule has 1 unspecified atom stereocenters. The van der Waals surface area contributed by atoms with Gasteiger partial charge in [-0.2, -0.15) is 4.98 Å². The molecule has 4 N–H and O–H groups in total. The van der Waals surface area contributed by atoms with E-state index in [0.717, 1.165) is 10.9 Å². The average Bonchev–Trinajstić information content (AvgIpc) is 2.19. The van der Waals surface area contributed by atoms with Gasteiger partial charge in [0.05, 0.1) is 17.1 Å². The number of nitrogen functional groups attached to an aromatic ring is 1. The van der Waals surface area contributed by atoms with Crippen molar-refractivity contribution in [2.24, 2.45) is 0 Å². The van der Waals surface area contributed by atoms with E-state index in [-0.39, 0.29) is 18.6 Å². The van der Waals surface area contributed by atoms with Crippen molar-refractivity contribution in [3.05, 3.63) is 10.7 Å². The molecule has 0 aliphatic heterocycles. The van der Waals surface area contributed by atoms with Gasteiger partial charge in [-0.05, 0) is 22.4 Å². The lowest BCUT2D eigenvalue weighted by Gasteiger charge is -2.15. The molecule has 5 nitrogen and oxygen atoms in total. The molecule has 0 aliphatic rings. The quantitative estimate of drug-likeness (QED) is 0.753. The van der Waals surface area contributed by atoms with E-state index in [1.54, 1.807) is 6.20 Å². The van der Waals surface area contributed by atoms with Crippen LogP contribution in [0, 0.1) is 0 Å². The molecule has 0 saturated carbocycles. The van der Waals surface area contributed by atoms with Crippen LogP contribution in [0.3, 0.4) is 0 Å². The van der Waals surface area contributed by atoms with E-state index in [0.29, 0.717) is 5.82 Å². The van der Waals surface area contributed by atoms with Crippen LogP contribution in [-0.4, -0.2) is 27.7 Å². The Labute approximate surface area is 90.9 Å². The maximum atomic E-state index is 9.00. The smallest absolute Gasteiger partial charge is 0.221 e. The molecule has 1 atom stereocenters. The SMILES string of the molecule is CCC(CO)Nc1nc(N)ncc1Br. The van der Waals surface area contributed by atoms with E-state index in [2.05, 4.69) is 31.2 Å². The largest absolute Gasteiger partial charge is 0.394 e. The molecule has 0 amide bonds. The van der Waals surface area contributed by atoms with Crippen LogP contribution >= 0.6 is 15.9 Å². The standard InChI is InChI=1S/C8H13BrN4O/c1-2-5(4-14)12-7-6(9)3-11-8(10)13-7/h3,5,14H,2,4H2,1H3,(H3,10,11,12,13). The Kier molecular flexibility index (Phi) is 4.09. The van der Waals surface area contributed by atoms with Crippen molar-refractivity contribution in [1.29, 1.82) is 0 Å². The van der Waals surface area contributed by atoms with Crippen molar-refractivity contribution in [2.75, 3.05) is 17.7 Å². The Hall–Kier alpha value is -0.880. The first-order valence-electron chi connectivity index (χ1n) is 4.32. The summed E-state index contributed by atoms with van der Waals surface area (Å²) in [6.07, 6.45) is 2.39. The summed E-state index contributed by atoms with van der Waals surface area (Å²) in [5.41, 5.74) is 5.44. The average molecular weight is 261 g/mol. The van der Waals surface area contributed by atoms with E-state index in [1.165, 1.54) is 0 Å². The highest BCUT2D eigenvalue weighted by atomic mass is 79.9. The Bertz CT molecular complexity index is 303. The predicted octanol–water partition coefficient (Wildman–Crippen LogP) is 1.00. The Morgan fingerprint density at radius 3 is 3.00 bits per heavy atom. The molecular formula is C8H13BrN4O. The summed E-state index contributed by atoms with van der Waals surface area (Å²) in [6, 6.07) is -0.0133. The fourth-order valence-corrected chi connectivity index (χ4v) is 1.26. The van der Waals surface area contributed by atoms with Gasteiger partial charge in [-0.3, -0.25) is 0 Å². The number of aliphatic hydroxyl groups is 1. The number of anilines is 2. The van der Waals surface area contributed by atoms with Gasteiger partial charge in [-0.1, -0.05) is 6.92 Å². The van der Waals surface area contributed by atoms with E-state index < -0.39 is 0 Å². The van der Waals surface area contributed by atoms with Crippen molar-refractivity contribution in [3.63, 3.8) is 0 Å². The van der Waals surface area contributed by atoms with Crippen LogP contribution in [0.4, 0.5) is 11.8 Å². The molecule has 1 rings (SSSR count). The zero-order chi connectivity index (χ0) is 10.6. The number of nitrogens with one attached hydrogen (secondary N) is 1. The van der Waals surface area contributed by atoms with Crippen molar-refractivity contribution in [1.82, 2.24) is 9.97 Å². The lowest BCUT2D eigenvalue weighted by molar-refractivity contribution is 0.271. The van der Waals surface area contributed by atoms with Gasteiger partial charge in [0.2, 0.25) is 5.95 Å². The maximum absolute atomic E-state index is 9.00. The van der Waals surface area contributed by atoms with E-state index in [1.807, 2.05) is 6.92 Å². The molecule has 0 radical (unpaired) electrons. The van der Waals surface area contributed by atoms with Gasteiger partial charge in [-0.15, -0.1) is 0 Å². The summed E-state index contributed by atoms with van der Waals surface area (Å²) >= 11 is 3.29. The van der Waals surface area contributed by atoms with Crippen LogP contribution in [-0.2, 0) is 0 Å². The third-order valence-electron chi connectivity index (χ3n) is 1.82. The Morgan fingerprint density at radius 2 is 2.43 bits per heavy atom. The molecule has 0 bridgehead atoms. The van der Waals surface area contributed by atoms with Gasteiger partial charge < -0.3 is 16.2 Å². The van der Waals surface area contributed by atoms with Gasteiger partial charge in [0.25, 0.3) is 0 Å². The Balaban J connectivity index is 2.79. The topological polar surface area (TPSA) is 84.1 Å². The number of hydrogen-bond acceptors (Lipinski definition) is 5. The minimum atomic E-state index is -0.0133. The molecular weight excluding hydrogens is 248 g/mol. The monoisotopic (exact) mass is 260 g/mol. The van der Waals surface area contributed by atoms with Gasteiger partial charge in [0, 0.05) is 6.20 Å². The summed E-state index contributed by atoms with van der Waals surface area (Å²) in [4.78, 5) is 7.82. The Morgan fingerprint density at radius 1 is 1.71 bits per heavy atom. The second kappa shape index (κ2) is 5.11. The van der Waals surface area contributed by atoms with Gasteiger partial charge in [-0.25, -0.2) is 4.98 Å². The maximum Gasteiger partial charge on any atom is 0.221 e. The number of nitrogens with two attached hydrogens (primary N) is 1. The highest BCUT2D eigenvalue weighted by Gasteiger charge is 2.08. The molecule has 0 aromatic carbocycles. The highest BCUT2D eigenvalue weighted by Crippen LogP contribution is 2.20. The number of aliphatic hydroxyl groups excluding tert-OH is 1. The fourth-order valence-electron chi connectivity index (χ4n) is 0.952. The normalized spacial score (nSPS) is 12.5. The molecule has 0 fully saturated rings. The molecule has 0 aliphatic carbocycles. The van der Waals surface area contributed by atoms with Crippen LogP contribution in [0.2, 0.25) is 0 Å². The molecule has 0 saturated heterocycles. The summed E-state index contributed by atoms with van der Waals surface area (Å²) in [5, 5.41) is 12.1.